The molecule has 1 atom stereocenters. The van der Waals surface area contributed by atoms with E-state index in [-0.39, 0.29) is 42.6 Å². The third-order valence-corrected chi connectivity index (χ3v) is 7.10. The number of hydrogen-bond donors (Lipinski definition) is 2. The zero-order valence-corrected chi connectivity index (χ0v) is 20.4. The van der Waals surface area contributed by atoms with Gasteiger partial charge in [0.25, 0.3) is 0 Å². The molecule has 9 nitrogen and oxygen atoms in total. The molecule has 3 aromatic heterocycles. The fourth-order valence-corrected chi connectivity index (χ4v) is 4.96. The van der Waals surface area contributed by atoms with Crippen LogP contribution in [-0.2, 0) is 17.8 Å². The number of rotatable bonds is 3. The van der Waals surface area contributed by atoms with Gasteiger partial charge in [-0.25, -0.2) is 18.7 Å². The van der Waals surface area contributed by atoms with E-state index in [1.165, 1.54) is 12.4 Å². The molecule has 1 amide bonds. The van der Waals surface area contributed by atoms with E-state index >= 15 is 4.39 Å². The molecule has 1 unspecified atom stereocenters. The van der Waals surface area contributed by atoms with E-state index in [9.17, 15) is 9.18 Å². The third-order valence-electron chi connectivity index (χ3n) is 7.10. The van der Waals surface area contributed by atoms with Gasteiger partial charge in [-0.05, 0) is 30.0 Å². The Labute approximate surface area is 211 Å². The molecule has 6 rings (SSSR count). The number of nitrogens with one attached hydrogen (secondary N) is 1. The standard InChI is InChI=1S/C26H25F2N7O2/c1-13-17(10-31-26-23(13)19(27)4-6-37-26)16-7-14-8-20(30-11-18(14)25(29)24(16)28)32-21-9-15-3-5-34(2)22(36)12-35(15)33-21/h7-11,19H,3-6,12,29H2,1-2H3,(H,30,32,33). The van der Waals surface area contributed by atoms with Crippen LogP contribution in [0.15, 0.2) is 30.6 Å². The number of aromatic nitrogens is 4. The van der Waals surface area contributed by atoms with Crippen LogP contribution in [0.25, 0.3) is 21.9 Å². The minimum atomic E-state index is -1.22. The van der Waals surface area contributed by atoms with Crippen LogP contribution in [0.2, 0.25) is 0 Å². The summed E-state index contributed by atoms with van der Waals surface area (Å²) in [5.74, 6) is 0.674. The minimum absolute atomic E-state index is 0.000124. The van der Waals surface area contributed by atoms with E-state index in [4.69, 9.17) is 10.5 Å². The number of anilines is 3. The van der Waals surface area contributed by atoms with Gasteiger partial charge in [0.2, 0.25) is 11.8 Å². The van der Waals surface area contributed by atoms with Crippen molar-refractivity contribution in [3.8, 4) is 17.0 Å². The molecule has 5 heterocycles. The van der Waals surface area contributed by atoms with Gasteiger partial charge in [-0.15, -0.1) is 0 Å². The quantitative estimate of drug-likeness (QED) is 0.404. The lowest BCUT2D eigenvalue weighted by atomic mass is 9.93. The van der Waals surface area contributed by atoms with Crippen LogP contribution in [0.5, 0.6) is 5.88 Å². The first-order valence-corrected chi connectivity index (χ1v) is 12.0. The Hall–Kier alpha value is -4.28. The highest BCUT2D eigenvalue weighted by Crippen LogP contribution is 2.42. The summed E-state index contributed by atoms with van der Waals surface area (Å²) in [7, 11) is 1.78. The van der Waals surface area contributed by atoms with Gasteiger partial charge in [-0.2, -0.15) is 5.10 Å². The number of carbonyl (C=O) groups is 1. The van der Waals surface area contributed by atoms with Crippen LogP contribution in [0.3, 0.4) is 0 Å². The van der Waals surface area contributed by atoms with Crippen molar-refractivity contribution >= 4 is 34.0 Å². The van der Waals surface area contributed by atoms with Crippen molar-refractivity contribution in [2.75, 3.05) is 31.2 Å². The average Bonchev–Trinajstić information content (AvgIpc) is 3.19. The average molecular weight is 506 g/mol. The van der Waals surface area contributed by atoms with Gasteiger partial charge in [0.05, 0.1) is 17.9 Å². The normalized spacial score (nSPS) is 17.2. The summed E-state index contributed by atoms with van der Waals surface area (Å²) in [4.78, 5) is 22.5. The van der Waals surface area contributed by atoms with Gasteiger partial charge in [0.15, 0.2) is 11.6 Å². The van der Waals surface area contributed by atoms with Gasteiger partial charge < -0.3 is 20.7 Å². The number of nitrogens with zero attached hydrogens (tertiary/aromatic N) is 5. The molecule has 4 aromatic rings. The number of ether oxygens (including phenoxy) is 1. The van der Waals surface area contributed by atoms with Crippen molar-refractivity contribution in [1.29, 1.82) is 0 Å². The summed E-state index contributed by atoms with van der Waals surface area (Å²) >= 11 is 0. The van der Waals surface area contributed by atoms with Crippen LogP contribution in [-0.4, -0.2) is 50.8 Å². The molecule has 0 aliphatic carbocycles. The maximum Gasteiger partial charge on any atom is 0.244 e. The Morgan fingerprint density at radius 1 is 1.16 bits per heavy atom. The summed E-state index contributed by atoms with van der Waals surface area (Å²) in [6.45, 7) is 2.80. The molecule has 190 valence electrons. The van der Waals surface area contributed by atoms with Crippen molar-refractivity contribution in [2.24, 2.45) is 0 Å². The van der Waals surface area contributed by atoms with Crippen molar-refractivity contribution < 1.29 is 18.3 Å². The van der Waals surface area contributed by atoms with E-state index in [1.54, 1.807) is 35.7 Å². The number of amides is 1. The molecule has 37 heavy (non-hydrogen) atoms. The van der Waals surface area contributed by atoms with Crippen molar-refractivity contribution in [3.63, 3.8) is 0 Å². The molecule has 0 spiro atoms. The van der Waals surface area contributed by atoms with Crippen molar-refractivity contribution in [2.45, 2.75) is 32.5 Å². The maximum absolute atomic E-state index is 15.4. The third kappa shape index (κ3) is 3.90. The van der Waals surface area contributed by atoms with Crippen molar-refractivity contribution in [1.82, 2.24) is 24.6 Å². The van der Waals surface area contributed by atoms with Crippen molar-refractivity contribution in [3.05, 3.63) is 53.2 Å². The minimum Gasteiger partial charge on any atom is -0.477 e. The number of pyridine rings is 2. The van der Waals surface area contributed by atoms with Gasteiger partial charge in [-0.1, -0.05) is 0 Å². The van der Waals surface area contributed by atoms with E-state index < -0.39 is 12.0 Å². The van der Waals surface area contributed by atoms with Gasteiger partial charge >= 0.3 is 0 Å². The molecule has 11 heteroatoms. The zero-order chi connectivity index (χ0) is 25.8. The predicted molar refractivity (Wildman–Crippen MR) is 135 cm³/mol. The smallest absolute Gasteiger partial charge is 0.244 e. The number of carbonyl (C=O) groups excluding carboxylic acids is 1. The summed E-state index contributed by atoms with van der Waals surface area (Å²) in [5, 5.41) is 8.78. The first-order chi connectivity index (χ1) is 17.8. The van der Waals surface area contributed by atoms with Crippen LogP contribution in [0.1, 0.15) is 29.4 Å². The fourth-order valence-electron chi connectivity index (χ4n) is 4.96. The number of hydrogen-bond acceptors (Lipinski definition) is 7. The highest BCUT2D eigenvalue weighted by Gasteiger charge is 2.27. The summed E-state index contributed by atoms with van der Waals surface area (Å²) < 4.78 is 37.3. The second-order valence-electron chi connectivity index (χ2n) is 9.43. The summed E-state index contributed by atoms with van der Waals surface area (Å²) in [6.07, 6.45) is 2.69. The number of alkyl halides is 1. The molecular weight excluding hydrogens is 480 g/mol. The second-order valence-corrected chi connectivity index (χ2v) is 9.43. The first kappa shape index (κ1) is 23.1. The van der Waals surface area contributed by atoms with Crippen LogP contribution < -0.4 is 15.8 Å². The Morgan fingerprint density at radius 3 is 2.84 bits per heavy atom. The Morgan fingerprint density at radius 2 is 2.00 bits per heavy atom. The van der Waals surface area contributed by atoms with Crippen LogP contribution in [0, 0.1) is 12.7 Å². The highest BCUT2D eigenvalue weighted by atomic mass is 19.1. The molecule has 0 saturated carbocycles. The lowest BCUT2D eigenvalue weighted by Gasteiger charge is -2.23. The summed E-state index contributed by atoms with van der Waals surface area (Å²) in [6, 6.07) is 5.30. The lowest BCUT2D eigenvalue weighted by Crippen LogP contribution is -2.29. The van der Waals surface area contributed by atoms with Gasteiger partial charge in [0.1, 0.15) is 18.5 Å². The molecule has 0 fully saturated rings. The van der Waals surface area contributed by atoms with E-state index in [0.717, 1.165) is 5.69 Å². The molecule has 0 bridgehead atoms. The van der Waals surface area contributed by atoms with Gasteiger partial charge in [0, 0.05) is 67.1 Å². The lowest BCUT2D eigenvalue weighted by molar-refractivity contribution is -0.130. The van der Waals surface area contributed by atoms with Crippen LogP contribution >= 0.6 is 0 Å². The molecule has 3 N–H and O–H groups in total. The molecule has 0 saturated heterocycles. The van der Waals surface area contributed by atoms with Crippen LogP contribution in [0.4, 0.5) is 26.1 Å². The van der Waals surface area contributed by atoms with E-state index in [0.29, 0.717) is 52.1 Å². The topological polar surface area (TPSA) is 111 Å². The Kier molecular flexibility index (Phi) is 5.43. The predicted octanol–water partition coefficient (Wildman–Crippen LogP) is 4.07. The number of halogens is 2. The van der Waals surface area contributed by atoms with E-state index in [1.807, 2.05) is 6.07 Å². The largest absolute Gasteiger partial charge is 0.477 e. The second kappa shape index (κ2) is 8.68. The fraction of sp³-hybridized carbons (Fsp3) is 0.308. The Balaban J connectivity index is 1.37. The SMILES string of the molecule is Cc1c(-c2cc3cc(Nc4cc5n(n4)CC(=O)N(C)CC5)ncc3c(N)c2F)cnc2c1C(F)CCO2. The maximum atomic E-state index is 15.4. The number of nitrogen functional groups attached to an aromatic ring is 1. The number of nitrogens with two attached hydrogens (primary N) is 1. The number of benzene rings is 1. The first-order valence-electron chi connectivity index (χ1n) is 12.0. The molecule has 0 radical (unpaired) electrons. The molecular formula is C26H25F2N7O2. The highest BCUT2D eigenvalue weighted by molar-refractivity contribution is 5.98. The molecule has 1 aromatic carbocycles. The monoisotopic (exact) mass is 505 g/mol. The van der Waals surface area contributed by atoms with Gasteiger partial charge in [-0.3, -0.25) is 9.48 Å². The number of fused-ring (bicyclic) bond motifs is 3. The number of likely N-dealkylation sites (N-methyl/N-ethyl adjacent to an activating group) is 1. The van der Waals surface area contributed by atoms with E-state index in [2.05, 4.69) is 20.4 Å². The summed E-state index contributed by atoms with van der Waals surface area (Å²) in [5.41, 5.74) is 8.67. The molecule has 2 aliphatic heterocycles. The molecule has 2 aliphatic rings. The zero-order valence-electron chi connectivity index (χ0n) is 20.4. The Bertz CT molecular complexity index is 1570.